The normalized spacial score (nSPS) is 10.1. The molecule has 2 rings (SSSR count). The first-order chi connectivity index (χ1) is 11.0. The number of phenolic OH excluding ortho intramolecular Hbond substituents is 1. The molecule has 0 fully saturated rings. The number of phenols is 1. The van der Waals surface area contributed by atoms with E-state index in [0.717, 1.165) is 30.2 Å². The molecule has 0 spiro atoms. The number of nitrogens with zero attached hydrogens (tertiary/aromatic N) is 1. The molecule has 2 aromatic carbocycles. The smallest absolute Gasteiger partial charge is 0.271 e. The molecule has 120 valence electrons. The summed E-state index contributed by atoms with van der Waals surface area (Å²) < 4.78 is 5.37. The second-order valence-corrected chi connectivity index (χ2v) is 4.80. The van der Waals surface area contributed by atoms with Crippen molar-refractivity contribution < 1.29 is 19.6 Å². The zero-order chi connectivity index (χ0) is 16.8. The van der Waals surface area contributed by atoms with Crippen molar-refractivity contribution in [3.05, 3.63) is 58.1 Å². The lowest BCUT2D eigenvalue weighted by molar-refractivity contribution is -0.384. The average Bonchev–Trinajstić information content (AvgIpc) is 2.55. The Morgan fingerprint density at radius 1 is 1.30 bits per heavy atom. The molecule has 0 saturated heterocycles. The third-order valence-electron chi connectivity index (χ3n) is 3.14. The van der Waals surface area contributed by atoms with E-state index in [2.05, 4.69) is 5.32 Å². The molecule has 0 heterocycles. The average molecular weight is 316 g/mol. The molecule has 0 aromatic heterocycles. The molecule has 0 aliphatic carbocycles. The van der Waals surface area contributed by atoms with Gasteiger partial charge in [-0.3, -0.25) is 14.9 Å². The summed E-state index contributed by atoms with van der Waals surface area (Å²) >= 11 is 0. The van der Waals surface area contributed by atoms with E-state index in [0.29, 0.717) is 5.75 Å². The summed E-state index contributed by atoms with van der Waals surface area (Å²) in [5, 5.41) is 22.7. The van der Waals surface area contributed by atoms with Gasteiger partial charge in [0, 0.05) is 12.1 Å². The van der Waals surface area contributed by atoms with Gasteiger partial charge in [0.05, 0.1) is 10.6 Å². The first-order valence-electron chi connectivity index (χ1n) is 6.98. The van der Waals surface area contributed by atoms with Crippen LogP contribution in [-0.2, 0) is 11.2 Å². The Morgan fingerprint density at radius 2 is 2.09 bits per heavy atom. The maximum absolute atomic E-state index is 11.9. The van der Waals surface area contributed by atoms with E-state index >= 15 is 0 Å². The number of amides is 1. The fourth-order valence-corrected chi connectivity index (χ4v) is 1.93. The van der Waals surface area contributed by atoms with E-state index < -0.39 is 10.8 Å². The first kappa shape index (κ1) is 16.3. The SMILES string of the molecule is CCc1cccc(OCC(=O)Nc2cc([N+](=O)[O-])ccc2O)c1. The van der Waals surface area contributed by atoms with E-state index in [1.165, 1.54) is 0 Å². The van der Waals surface area contributed by atoms with Crippen LogP contribution in [0.5, 0.6) is 11.5 Å². The molecule has 0 saturated carbocycles. The van der Waals surface area contributed by atoms with Crippen LogP contribution in [0.25, 0.3) is 0 Å². The molecule has 7 heteroatoms. The fourth-order valence-electron chi connectivity index (χ4n) is 1.93. The van der Waals surface area contributed by atoms with E-state index in [4.69, 9.17) is 4.74 Å². The Labute approximate surface area is 132 Å². The maximum atomic E-state index is 11.9. The molecule has 2 aromatic rings. The summed E-state index contributed by atoms with van der Waals surface area (Å²) in [4.78, 5) is 22.0. The predicted octanol–water partition coefficient (Wildman–Crippen LogP) is 2.88. The number of aryl methyl sites for hydroxylation is 1. The van der Waals surface area contributed by atoms with Crippen LogP contribution in [0.4, 0.5) is 11.4 Å². The number of nitro groups is 1. The van der Waals surface area contributed by atoms with Gasteiger partial charge in [0.15, 0.2) is 6.61 Å². The summed E-state index contributed by atoms with van der Waals surface area (Å²) in [7, 11) is 0. The molecule has 0 atom stereocenters. The monoisotopic (exact) mass is 316 g/mol. The van der Waals surface area contributed by atoms with Crippen LogP contribution in [0.3, 0.4) is 0 Å². The molecule has 0 aliphatic rings. The van der Waals surface area contributed by atoms with Gasteiger partial charge in [0.2, 0.25) is 0 Å². The highest BCUT2D eigenvalue weighted by Crippen LogP contribution is 2.27. The van der Waals surface area contributed by atoms with Crippen LogP contribution in [0.1, 0.15) is 12.5 Å². The van der Waals surface area contributed by atoms with Gasteiger partial charge >= 0.3 is 0 Å². The molecule has 7 nitrogen and oxygen atoms in total. The maximum Gasteiger partial charge on any atom is 0.271 e. The number of nitro benzene ring substituents is 1. The second kappa shape index (κ2) is 7.26. The Bertz CT molecular complexity index is 730. The second-order valence-electron chi connectivity index (χ2n) is 4.80. The number of non-ortho nitro benzene ring substituents is 1. The minimum atomic E-state index is -0.609. The summed E-state index contributed by atoms with van der Waals surface area (Å²) in [6.07, 6.45) is 0.852. The summed E-state index contributed by atoms with van der Waals surface area (Å²) in [6.45, 7) is 1.74. The van der Waals surface area contributed by atoms with Crippen LogP contribution in [0.15, 0.2) is 42.5 Å². The van der Waals surface area contributed by atoms with Gasteiger partial charge < -0.3 is 15.2 Å². The van der Waals surface area contributed by atoms with Crippen molar-refractivity contribution in [2.75, 3.05) is 11.9 Å². The minimum Gasteiger partial charge on any atom is -0.506 e. The Morgan fingerprint density at radius 3 is 2.78 bits per heavy atom. The third-order valence-corrected chi connectivity index (χ3v) is 3.14. The van der Waals surface area contributed by atoms with Crippen LogP contribution in [0, 0.1) is 10.1 Å². The van der Waals surface area contributed by atoms with Crippen molar-refractivity contribution in [1.29, 1.82) is 0 Å². The molecule has 0 aliphatic heterocycles. The lowest BCUT2D eigenvalue weighted by Crippen LogP contribution is -2.20. The van der Waals surface area contributed by atoms with Crippen LogP contribution in [0.2, 0.25) is 0 Å². The summed E-state index contributed by atoms with van der Waals surface area (Å²) in [5.41, 5.74) is 0.823. The lowest BCUT2D eigenvalue weighted by Gasteiger charge is -2.09. The standard InChI is InChI=1S/C16H16N2O5/c1-2-11-4-3-5-13(8-11)23-10-16(20)17-14-9-12(18(21)22)6-7-15(14)19/h3-9,19H,2,10H2,1H3,(H,17,20). The molecule has 0 unspecified atom stereocenters. The number of ether oxygens (including phenoxy) is 1. The predicted molar refractivity (Wildman–Crippen MR) is 84.7 cm³/mol. The van der Waals surface area contributed by atoms with Crippen LogP contribution < -0.4 is 10.1 Å². The highest BCUT2D eigenvalue weighted by molar-refractivity contribution is 5.93. The topological polar surface area (TPSA) is 102 Å². The van der Waals surface area contributed by atoms with E-state index in [1.807, 2.05) is 25.1 Å². The number of benzene rings is 2. The van der Waals surface area contributed by atoms with Crippen molar-refractivity contribution in [3.8, 4) is 11.5 Å². The molecule has 0 radical (unpaired) electrons. The van der Waals surface area contributed by atoms with Crippen LogP contribution >= 0.6 is 0 Å². The van der Waals surface area contributed by atoms with Gasteiger partial charge in [-0.1, -0.05) is 19.1 Å². The van der Waals surface area contributed by atoms with E-state index in [1.54, 1.807) is 6.07 Å². The van der Waals surface area contributed by atoms with Gasteiger partial charge in [-0.15, -0.1) is 0 Å². The third kappa shape index (κ3) is 4.44. The van der Waals surface area contributed by atoms with E-state index in [9.17, 15) is 20.0 Å². The van der Waals surface area contributed by atoms with Gasteiger partial charge in [0.25, 0.3) is 11.6 Å². The highest BCUT2D eigenvalue weighted by Gasteiger charge is 2.13. The zero-order valence-electron chi connectivity index (χ0n) is 12.5. The van der Waals surface area contributed by atoms with Gasteiger partial charge in [-0.25, -0.2) is 0 Å². The van der Waals surface area contributed by atoms with Crippen LogP contribution in [-0.4, -0.2) is 22.5 Å². The molecular formula is C16H16N2O5. The number of hydrogen-bond donors (Lipinski definition) is 2. The van der Waals surface area contributed by atoms with Crippen molar-refractivity contribution >= 4 is 17.3 Å². The molecule has 23 heavy (non-hydrogen) atoms. The number of carbonyl (C=O) groups excluding carboxylic acids is 1. The lowest BCUT2D eigenvalue weighted by atomic mass is 10.2. The van der Waals surface area contributed by atoms with Gasteiger partial charge in [-0.2, -0.15) is 0 Å². The Balaban J connectivity index is 1.99. The fraction of sp³-hybridized carbons (Fsp3) is 0.188. The Hall–Kier alpha value is -3.09. The van der Waals surface area contributed by atoms with E-state index in [-0.39, 0.29) is 23.7 Å². The quantitative estimate of drug-likeness (QED) is 0.485. The Kier molecular flexibility index (Phi) is 5.14. The number of hydrogen-bond acceptors (Lipinski definition) is 5. The first-order valence-corrected chi connectivity index (χ1v) is 6.98. The van der Waals surface area contributed by atoms with Crippen molar-refractivity contribution in [2.24, 2.45) is 0 Å². The number of rotatable bonds is 6. The van der Waals surface area contributed by atoms with Crippen molar-refractivity contribution in [3.63, 3.8) is 0 Å². The largest absolute Gasteiger partial charge is 0.506 e. The molecule has 0 bridgehead atoms. The van der Waals surface area contributed by atoms with Gasteiger partial charge in [-0.05, 0) is 30.2 Å². The minimum absolute atomic E-state index is 0.0323. The zero-order valence-corrected chi connectivity index (χ0v) is 12.5. The number of nitrogens with one attached hydrogen (secondary N) is 1. The molecule has 2 N–H and O–H groups in total. The molecule has 1 amide bonds. The van der Waals surface area contributed by atoms with Gasteiger partial charge in [0.1, 0.15) is 11.5 Å². The highest BCUT2D eigenvalue weighted by atomic mass is 16.6. The number of anilines is 1. The van der Waals surface area contributed by atoms with Crippen molar-refractivity contribution in [1.82, 2.24) is 0 Å². The summed E-state index contributed by atoms with van der Waals surface area (Å²) in [5.74, 6) is -0.220. The summed E-state index contributed by atoms with van der Waals surface area (Å²) in [6, 6.07) is 10.7. The van der Waals surface area contributed by atoms with Crippen molar-refractivity contribution in [2.45, 2.75) is 13.3 Å². The number of aromatic hydroxyl groups is 1. The molecular weight excluding hydrogens is 300 g/mol. The number of carbonyl (C=O) groups is 1.